The van der Waals surface area contributed by atoms with E-state index in [2.05, 4.69) is 17.4 Å². The highest BCUT2D eigenvalue weighted by Gasteiger charge is 2.44. The van der Waals surface area contributed by atoms with Gasteiger partial charge in [0.05, 0.1) is 18.0 Å². The van der Waals surface area contributed by atoms with Gasteiger partial charge in [-0.1, -0.05) is 24.3 Å². The van der Waals surface area contributed by atoms with Gasteiger partial charge >= 0.3 is 0 Å². The van der Waals surface area contributed by atoms with Crippen LogP contribution in [0.3, 0.4) is 0 Å². The molecule has 1 fully saturated rings. The fraction of sp³-hybridized carbons (Fsp3) is 0.588. The second kappa shape index (κ2) is 6.46. The third-order valence-electron chi connectivity index (χ3n) is 4.93. The van der Waals surface area contributed by atoms with E-state index in [-0.39, 0.29) is 12.0 Å². The third kappa shape index (κ3) is 3.48. The van der Waals surface area contributed by atoms with E-state index in [0.717, 1.165) is 12.0 Å². The molecule has 132 valence electrons. The molecule has 7 heteroatoms. The van der Waals surface area contributed by atoms with Gasteiger partial charge in [-0.2, -0.15) is 0 Å². The van der Waals surface area contributed by atoms with E-state index in [0.29, 0.717) is 32.5 Å². The molecule has 0 radical (unpaired) electrons. The predicted octanol–water partition coefficient (Wildman–Crippen LogP) is 1.01. The number of ether oxygens (including phenoxy) is 1. The first-order valence-corrected chi connectivity index (χ1v) is 10.1. The van der Waals surface area contributed by atoms with Gasteiger partial charge in [0.1, 0.15) is 0 Å². The molecule has 3 rings (SSSR count). The summed E-state index contributed by atoms with van der Waals surface area (Å²) in [6.45, 7) is 2.89. The molecule has 2 aliphatic heterocycles. The summed E-state index contributed by atoms with van der Waals surface area (Å²) in [6, 6.07) is 8.20. The summed E-state index contributed by atoms with van der Waals surface area (Å²) in [7, 11) is -3.17. The first kappa shape index (κ1) is 17.4. The van der Waals surface area contributed by atoms with Crippen molar-refractivity contribution in [2.24, 2.45) is 0 Å². The molecular weight excluding hydrogens is 328 g/mol. The van der Waals surface area contributed by atoms with Gasteiger partial charge in [-0.25, -0.2) is 12.7 Å². The number of carbonyl (C=O) groups excluding carboxylic acids is 1. The van der Waals surface area contributed by atoms with Gasteiger partial charge in [-0.3, -0.25) is 4.79 Å². The Morgan fingerprint density at radius 2 is 2.00 bits per heavy atom. The van der Waals surface area contributed by atoms with Gasteiger partial charge < -0.3 is 10.1 Å². The first-order chi connectivity index (χ1) is 11.3. The molecule has 2 heterocycles. The molecule has 0 saturated carbocycles. The zero-order valence-electron chi connectivity index (χ0n) is 14.1. The standard InChI is InChI=1S/C17H24N2O4S/c1-13(20)18-12-15-11-14-5-3-4-6-16(14)17(23-15)7-9-19(10-8-17)24(2,21)22/h3-6,15H,7-12H2,1-2H3,(H,18,20). The van der Waals surface area contributed by atoms with E-state index in [4.69, 9.17) is 4.74 Å². The van der Waals surface area contributed by atoms with Crippen LogP contribution in [0.1, 0.15) is 30.9 Å². The number of fused-ring (bicyclic) bond motifs is 2. The first-order valence-electron chi connectivity index (χ1n) is 8.26. The SMILES string of the molecule is CC(=O)NCC1Cc2ccccc2C2(CCN(S(C)(=O)=O)CC2)O1. The van der Waals surface area contributed by atoms with Crippen LogP contribution in [0.25, 0.3) is 0 Å². The maximum absolute atomic E-state index is 11.8. The van der Waals surface area contributed by atoms with Crippen LogP contribution in [-0.2, 0) is 31.6 Å². The van der Waals surface area contributed by atoms with Crippen molar-refractivity contribution >= 4 is 15.9 Å². The lowest BCUT2D eigenvalue weighted by molar-refractivity contribution is -0.136. The molecule has 1 atom stereocenters. The zero-order chi connectivity index (χ0) is 17.4. The van der Waals surface area contributed by atoms with Crippen LogP contribution in [0.5, 0.6) is 0 Å². The Morgan fingerprint density at radius 1 is 1.33 bits per heavy atom. The fourth-order valence-electron chi connectivity index (χ4n) is 3.75. The van der Waals surface area contributed by atoms with Crippen LogP contribution < -0.4 is 5.32 Å². The molecule has 1 aromatic rings. The normalized spacial score (nSPS) is 23.7. The highest BCUT2D eigenvalue weighted by atomic mass is 32.2. The molecule has 24 heavy (non-hydrogen) atoms. The number of nitrogens with one attached hydrogen (secondary N) is 1. The number of hydrogen-bond acceptors (Lipinski definition) is 4. The lowest BCUT2D eigenvalue weighted by atomic mass is 9.78. The summed E-state index contributed by atoms with van der Waals surface area (Å²) >= 11 is 0. The van der Waals surface area contributed by atoms with Crippen LogP contribution in [0.15, 0.2) is 24.3 Å². The average Bonchev–Trinajstić information content (AvgIpc) is 2.53. The monoisotopic (exact) mass is 352 g/mol. The van der Waals surface area contributed by atoms with E-state index < -0.39 is 15.6 Å². The van der Waals surface area contributed by atoms with Gasteiger partial charge in [0, 0.05) is 33.0 Å². The van der Waals surface area contributed by atoms with Crippen LogP contribution in [0.2, 0.25) is 0 Å². The van der Waals surface area contributed by atoms with E-state index >= 15 is 0 Å². The van der Waals surface area contributed by atoms with Crippen molar-refractivity contribution in [3.8, 4) is 0 Å². The number of benzene rings is 1. The van der Waals surface area contributed by atoms with Gasteiger partial charge in [0.2, 0.25) is 15.9 Å². The van der Waals surface area contributed by atoms with Crippen molar-refractivity contribution in [1.29, 1.82) is 0 Å². The quantitative estimate of drug-likeness (QED) is 0.881. The molecule has 0 aromatic heterocycles. The summed E-state index contributed by atoms with van der Waals surface area (Å²) in [4.78, 5) is 11.2. The van der Waals surface area contributed by atoms with E-state index in [1.165, 1.54) is 23.0 Å². The van der Waals surface area contributed by atoms with Crippen molar-refractivity contribution < 1.29 is 17.9 Å². The smallest absolute Gasteiger partial charge is 0.216 e. The molecule has 0 aliphatic carbocycles. The van der Waals surface area contributed by atoms with E-state index in [1.807, 2.05) is 12.1 Å². The Morgan fingerprint density at radius 3 is 2.62 bits per heavy atom. The summed E-state index contributed by atoms with van der Waals surface area (Å²) in [5.41, 5.74) is 1.93. The Balaban J connectivity index is 1.84. The van der Waals surface area contributed by atoms with Crippen LogP contribution in [0, 0.1) is 0 Å². The minimum atomic E-state index is -3.17. The van der Waals surface area contributed by atoms with Crippen molar-refractivity contribution in [3.63, 3.8) is 0 Å². The molecule has 0 bridgehead atoms. The number of amides is 1. The Hall–Kier alpha value is -1.44. The maximum Gasteiger partial charge on any atom is 0.216 e. The summed E-state index contributed by atoms with van der Waals surface area (Å²) in [5, 5.41) is 2.83. The van der Waals surface area contributed by atoms with Gasteiger partial charge in [0.15, 0.2) is 0 Å². The Bertz CT molecular complexity index is 724. The lowest BCUT2D eigenvalue weighted by Gasteiger charge is -2.47. The predicted molar refractivity (Wildman–Crippen MR) is 91.0 cm³/mol. The second-order valence-electron chi connectivity index (χ2n) is 6.69. The second-order valence-corrected chi connectivity index (χ2v) is 8.68. The average molecular weight is 352 g/mol. The topological polar surface area (TPSA) is 75.7 Å². The summed E-state index contributed by atoms with van der Waals surface area (Å²) in [5.74, 6) is -0.0709. The zero-order valence-corrected chi connectivity index (χ0v) is 14.9. The molecular formula is C17H24N2O4S. The lowest BCUT2D eigenvalue weighted by Crippen LogP contribution is -2.51. The summed E-state index contributed by atoms with van der Waals surface area (Å²) < 4.78 is 31.5. The molecule has 1 spiro atoms. The third-order valence-corrected chi connectivity index (χ3v) is 6.23. The Kier molecular flexibility index (Phi) is 4.68. The summed E-state index contributed by atoms with van der Waals surface area (Å²) in [6.07, 6.45) is 3.18. The molecule has 1 unspecified atom stereocenters. The van der Waals surface area contributed by atoms with Gasteiger partial charge in [-0.05, 0) is 24.0 Å². The molecule has 1 aromatic carbocycles. The highest BCUT2D eigenvalue weighted by Crippen LogP contribution is 2.43. The van der Waals surface area contributed by atoms with Crippen molar-refractivity contribution in [1.82, 2.24) is 9.62 Å². The molecule has 1 N–H and O–H groups in total. The van der Waals surface area contributed by atoms with Crippen molar-refractivity contribution in [2.45, 2.75) is 37.9 Å². The van der Waals surface area contributed by atoms with E-state index in [1.54, 1.807) is 0 Å². The number of sulfonamides is 1. The molecule has 1 amide bonds. The molecule has 2 aliphatic rings. The minimum absolute atomic E-state index is 0.0709. The Labute approximate surface area is 143 Å². The fourth-order valence-corrected chi connectivity index (χ4v) is 4.60. The maximum atomic E-state index is 11.8. The largest absolute Gasteiger partial charge is 0.365 e. The van der Waals surface area contributed by atoms with Crippen LogP contribution in [0.4, 0.5) is 0 Å². The number of nitrogens with zero attached hydrogens (tertiary/aromatic N) is 1. The van der Waals surface area contributed by atoms with Gasteiger partial charge in [-0.15, -0.1) is 0 Å². The van der Waals surface area contributed by atoms with E-state index in [9.17, 15) is 13.2 Å². The van der Waals surface area contributed by atoms with Crippen LogP contribution >= 0.6 is 0 Å². The van der Waals surface area contributed by atoms with Gasteiger partial charge in [0.25, 0.3) is 0 Å². The van der Waals surface area contributed by atoms with Crippen LogP contribution in [-0.4, -0.2) is 50.6 Å². The van der Waals surface area contributed by atoms with Crippen molar-refractivity contribution in [3.05, 3.63) is 35.4 Å². The number of carbonyl (C=O) groups is 1. The van der Waals surface area contributed by atoms with Crippen molar-refractivity contribution in [2.75, 3.05) is 25.9 Å². The molecule has 1 saturated heterocycles. The number of rotatable bonds is 3. The number of piperidine rings is 1. The number of hydrogen-bond donors (Lipinski definition) is 1. The molecule has 6 nitrogen and oxygen atoms in total. The minimum Gasteiger partial charge on any atom is -0.365 e. The highest BCUT2D eigenvalue weighted by molar-refractivity contribution is 7.88.